The first-order chi connectivity index (χ1) is 9.29. The van der Waals surface area contributed by atoms with E-state index in [2.05, 4.69) is 5.32 Å². The molecule has 19 heavy (non-hydrogen) atoms. The Hall–Kier alpha value is -0.610. The molecule has 0 aromatic rings. The number of ether oxygens (including phenoxy) is 1. The third kappa shape index (κ3) is 4.77. The van der Waals surface area contributed by atoms with Gasteiger partial charge in [0.1, 0.15) is 0 Å². The Bertz CT molecular complexity index is 277. The van der Waals surface area contributed by atoms with Crippen molar-refractivity contribution in [3.05, 3.63) is 0 Å². The zero-order valence-corrected chi connectivity index (χ0v) is 12.2. The van der Waals surface area contributed by atoms with Crippen molar-refractivity contribution in [2.24, 2.45) is 0 Å². The molecule has 110 valence electrons. The quantitative estimate of drug-likeness (QED) is 0.828. The van der Waals surface area contributed by atoms with E-state index in [0.717, 1.165) is 26.1 Å². The lowest BCUT2D eigenvalue weighted by Gasteiger charge is -2.30. The molecule has 1 amide bonds. The normalized spacial score (nSPS) is 28.4. The molecule has 0 aromatic carbocycles. The minimum Gasteiger partial charge on any atom is -0.381 e. The Labute approximate surface area is 116 Å². The standard InChI is InChI=1S/C15H28N2O2/c1-19-14-7-5-6-13(12-14)16-9-8-15(18)17-10-3-2-4-11-17/h13-14,16H,2-12H2,1H3. The molecule has 1 aliphatic heterocycles. The summed E-state index contributed by atoms with van der Waals surface area (Å²) in [6, 6.07) is 0.535. The molecule has 1 N–H and O–H groups in total. The van der Waals surface area contributed by atoms with Crippen LogP contribution >= 0.6 is 0 Å². The monoisotopic (exact) mass is 268 g/mol. The number of hydrogen-bond acceptors (Lipinski definition) is 3. The summed E-state index contributed by atoms with van der Waals surface area (Å²) in [5.74, 6) is 0.325. The highest BCUT2D eigenvalue weighted by Crippen LogP contribution is 2.20. The highest BCUT2D eigenvalue weighted by molar-refractivity contribution is 5.76. The Morgan fingerprint density at radius 3 is 2.74 bits per heavy atom. The van der Waals surface area contributed by atoms with Gasteiger partial charge in [-0.15, -0.1) is 0 Å². The predicted molar refractivity (Wildman–Crippen MR) is 76.1 cm³/mol. The second-order valence-electron chi connectivity index (χ2n) is 5.87. The van der Waals surface area contributed by atoms with Crippen molar-refractivity contribution in [1.82, 2.24) is 10.2 Å². The van der Waals surface area contributed by atoms with E-state index >= 15 is 0 Å². The molecule has 2 atom stereocenters. The lowest BCUT2D eigenvalue weighted by atomic mass is 9.93. The number of carbonyl (C=O) groups is 1. The largest absolute Gasteiger partial charge is 0.381 e. The number of amides is 1. The summed E-state index contributed by atoms with van der Waals surface area (Å²) < 4.78 is 5.43. The highest BCUT2D eigenvalue weighted by Gasteiger charge is 2.22. The first-order valence-corrected chi connectivity index (χ1v) is 7.83. The van der Waals surface area contributed by atoms with Crippen LogP contribution < -0.4 is 5.32 Å². The Morgan fingerprint density at radius 2 is 2.00 bits per heavy atom. The summed E-state index contributed by atoms with van der Waals surface area (Å²) in [6.07, 6.45) is 9.42. The van der Waals surface area contributed by atoms with Crippen LogP contribution in [0.3, 0.4) is 0 Å². The van der Waals surface area contributed by atoms with Crippen LogP contribution in [0.5, 0.6) is 0 Å². The van der Waals surface area contributed by atoms with Crippen molar-refractivity contribution >= 4 is 5.91 Å². The molecule has 1 aliphatic carbocycles. The molecule has 1 heterocycles. The molecular weight excluding hydrogens is 240 g/mol. The van der Waals surface area contributed by atoms with Crippen LogP contribution in [-0.4, -0.2) is 49.7 Å². The number of rotatable bonds is 5. The minimum atomic E-state index is 0.325. The van der Waals surface area contributed by atoms with Gasteiger partial charge in [0.2, 0.25) is 5.91 Å². The Balaban J connectivity index is 1.61. The van der Waals surface area contributed by atoms with Gasteiger partial charge in [0.05, 0.1) is 6.10 Å². The maximum Gasteiger partial charge on any atom is 0.223 e. The van der Waals surface area contributed by atoms with Crippen LogP contribution in [0.1, 0.15) is 51.4 Å². The van der Waals surface area contributed by atoms with Gasteiger partial charge in [-0.05, 0) is 44.9 Å². The van der Waals surface area contributed by atoms with Gasteiger partial charge >= 0.3 is 0 Å². The second kappa shape index (κ2) is 7.85. The van der Waals surface area contributed by atoms with Crippen molar-refractivity contribution in [2.75, 3.05) is 26.7 Å². The molecule has 4 nitrogen and oxygen atoms in total. The number of piperidine rings is 1. The summed E-state index contributed by atoms with van der Waals surface area (Å²) in [5.41, 5.74) is 0. The Kier molecular flexibility index (Phi) is 6.11. The van der Waals surface area contributed by atoms with Gasteiger partial charge in [0.15, 0.2) is 0 Å². The van der Waals surface area contributed by atoms with Crippen LogP contribution in [0.25, 0.3) is 0 Å². The average Bonchev–Trinajstić information content (AvgIpc) is 2.48. The first kappa shape index (κ1) is 14.8. The molecule has 0 aromatic heterocycles. The predicted octanol–water partition coefficient (Wildman–Crippen LogP) is 1.94. The number of carbonyl (C=O) groups excluding carboxylic acids is 1. The summed E-state index contributed by atoms with van der Waals surface area (Å²) in [7, 11) is 1.80. The SMILES string of the molecule is COC1CCCC(NCCC(=O)N2CCCCC2)C1. The molecule has 2 aliphatic rings. The van der Waals surface area contributed by atoms with Gasteiger partial charge in [-0.25, -0.2) is 0 Å². The fraction of sp³-hybridized carbons (Fsp3) is 0.933. The summed E-state index contributed by atoms with van der Waals surface area (Å²) >= 11 is 0. The number of nitrogens with one attached hydrogen (secondary N) is 1. The van der Waals surface area contributed by atoms with Crippen LogP contribution in [0.2, 0.25) is 0 Å². The van der Waals surface area contributed by atoms with Crippen molar-refractivity contribution in [2.45, 2.75) is 63.5 Å². The molecule has 0 spiro atoms. The van der Waals surface area contributed by atoms with E-state index in [1.807, 2.05) is 4.90 Å². The number of hydrogen-bond donors (Lipinski definition) is 1. The van der Waals surface area contributed by atoms with E-state index in [0.29, 0.717) is 24.5 Å². The van der Waals surface area contributed by atoms with E-state index in [4.69, 9.17) is 4.74 Å². The highest BCUT2D eigenvalue weighted by atomic mass is 16.5. The molecule has 2 rings (SSSR count). The second-order valence-corrected chi connectivity index (χ2v) is 5.87. The zero-order chi connectivity index (χ0) is 13.5. The fourth-order valence-corrected chi connectivity index (χ4v) is 3.23. The third-order valence-electron chi connectivity index (χ3n) is 4.44. The first-order valence-electron chi connectivity index (χ1n) is 7.83. The lowest BCUT2D eigenvalue weighted by Crippen LogP contribution is -2.40. The van der Waals surface area contributed by atoms with Crippen molar-refractivity contribution < 1.29 is 9.53 Å². The molecule has 4 heteroatoms. The molecule has 1 saturated carbocycles. The van der Waals surface area contributed by atoms with E-state index in [-0.39, 0.29) is 0 Å². The van der Waals surface area contributed by atoms with E-state index < -0.39 is 0 Å². The van der Waals surface area contributed by atoms with E-state index in [1.165, 1.54) is 38.5 Å². The van der Waals surface area contributed by atoms with Crippen LogP contribution in [0.4, 0.5) is 0 Å². The number of nitrogens with zero attached hydrogens (tertiary/aromatic N) is 1. The maximum absolute atomic E-state index is 12.0. The molecule has 0 radical (unpaired) electrons. The zero-order valence-electron chi connectivity index (χ0n) is 12.2. The van der Waals surface area contributed by atoms with Crippen LogP contribution in [0.15, 0.2) is 0 Å². The molecule has 1 saturated heterocycles. The molecular formula is C15H28N2O2. The van der Waals surface area contributed by atoms with E-state index in [9.17, 15) is 4.79 Å². The van der Waals surface area contributed by atoms with Crippen molar-refractivity contribution in [3.8, 4) is 0 Å². The van der Waals surface area contributed by atoms with Gasteiger partial charge < -0.3 is 15.0 Å². The minimum absolute atomic E-state index is 0.325. The van der Waals surface area contributed by atoms with Crippen LogP contribution in [-0.2, 0) is 9.53 Å². The molecule has 2 fully saturated rings. The van der Waals surface area contributed by atoms with Gasteiger partial charge in [-0.2, -0.15) is 0 Å². The van der Waals surface area contributed by atoms with Crippen molar-refractivity contribution in [3.63, 3.8) is 0 Å². The maximum atomic E-state index is 12.0. The van der Waals surface area contributed by atoms with Gasteiger partial charge in [0, 0.05) is 39.2 Å². The van der Waals surface area contributed by atoms with E-state index in [1.54, 1.807) is 7.11 Å². The summed E-state index contributed by atoms with van der Waals surface area (Å²) in [5, 5.41) is 3.53. The summed E-state index contributed by atoms with van der Waals surface area (Å²) in [4.78, 5) is 14.1. The number of methoxy groups -OCH3 is 1. The lowest BCUT2D eigenvalue weighted by molar-refractivity contribution is -0.132. The van der Waals surface area contributed by atoms with Gasteiger partial charge in [-0.1, -0.05) is 0 Å². The smallest absolute Gasteiger partial charge is 0.223 e. The van der Waals surface area contributed by atoms with Crippen LogP contribution in [0, 0.1) is 0 Å². The fourth-order valence-electron chi connectivity index (χ4n) is 3.23. The van der Waals surface area contributed by atoms with Gasteiger partial charge in [-0.3, -0.25) is 4.79 Å². The third-order valence-corrected chi connectivity index (χ3v) is 4.44. The molecule has 2 unspecified atom stereocenters. The topological polar surface area (TPSA) is 41.6 Å². The molecule has 0 bridgehead atoms. The van der Waals surface area contributed by atoms with Crippen molar-refractivity contribution in [1.29, 1.82) is 0 Å². The number of likely N-dealkylation sites (tertiary alicyclic amines) is 1. The van der Waals surface area contributed by atoms with Gasteiger partial charge in [0.25, 0.3) is 0 Å². The average molecular weight is 268 g/mol. The Morgan fingerprint density at radius 1 is 1.21 bits per heavy atom. The summed E-state index contributed by atoms with van der Waals surface area (Å²) in [6.45, 7) is 2.75.